The second kappa shape index (κ2) is 7.29. The number of hydrogen-bond acceptors (Lipinski definition) is 1. The third-order valence-corrected chi connectivity index (χ3v) is 3.20. The van der Waals surface area contributed by atoms with Crippen molar-refractivity contribution in [2.75, 3.05) is 13.6 Å². The number of unbranched alkanes of at least 4 members (excludes halogenated alkanes) is 1. The monoisotopic (exact) mass is 231 g/mol. The fourth-order valence-electron chi connectivity index (χ4n) is 2.05. The number of benzene rings is 1. The lowest BCUT2D eigenvalue weighted by Gasteiger charge is -2.12. The molecule has 0 aliphatic rings. The van der Waals surface area contributed by atoms with E-state index in [1.165, 1.54) is 35.1 Å². The summed E-state index contributed by atoms with van der Waals surface area (Å²) < 4.78 is 0. The Labute approximate surface area is 106 Å². The van der Waals surface area contributed by atoms with Crippen LogP contribution in [0.2, 0.25) is 0 Å². The molecular weight excluding hydrogens is 206 g/mol. The average Bonchev–Trinajstić information content (AvgIpc) is 2.35. The minimum atomic E-state index is 1.03. The molecule has 0 radical (unpaired) electrons. The molecule has 1 N–H and O–H groups in total. The molecule has 0 aliphatic heterocycles. The smallest absolute Gasteiger partial charge is 0.00518 e. The molecule has 0 aromatic heterocycles. The van der Waals surface area contributed by atoms with Crippen molar-refractivity contribution >= 4 is 5.57 Å². The molecule has 1 aromatic carbocycles. The van der Waals surface area contributed by atoms with Crippen LogP contribution in [-0.2, 0) is 6.42 Å². The van der Waals surface area contributed by atoms with Crippen molar-refractivity contribution in [3.63, 3.8) is 0 Å². The second-order valence-electron chi connectivity index (χ2n) is 4.68. The molecule has 0 bridgehead atoms. The van der Waals surface area contributed by atoms with E-state index in [4.69, 9.17) is 0 Å². The zero-order chi connectivity index (χ0) is 12.7. The van der Waals surface area contributed by atoms with E-state index in [0.29, 0.717) is 0 Å². The molecule has 0 saturated carbocycles. The van der Waals surface area contributed by atoms with E-state index in [2.05, 4.69) is 43.9 Å². The van der Waals surface area contributed by atoms with Crippen LogP contribution in [0, 0.1) is 6.92 Å². The fourth-order valence-corrected chi connectivity index (χ4v) is 2.05. The van der Waals surface area contributed by atoms with Gasteiger partial charge in [-0.15, -0.1) is 0 Å². The Kier molecular flexibility index (Phi) is 5.99. The van der Waals surface area contributed by atoms with E-state index in [9.17, 15) is 0 Å². The molecule has 0 heterocycles. The SMILES string of the molecule is C=C(CC)c1cc(C)ccc1CCCCNC. The molecule has 0 atom stereocenters. The van der Waals surface area contributed by atoms with Gasteiger partial charge in [-0.3, -0.25) is 0 Å². The van der Waals surface area contributed by atoms with Gasteiger partial charge in [-0.2, -0.15) is 0 Å². The van der Waals surface area contributed by atoms with Gasteiger partial charge < -0.3 is 5.32 Å². The third kappa shape index (κ3) is 4.35. The molecule has 0 unspecified atom stereocenters. The predicted molar refractivity (Wildman–Crippen MR) is 77.4 cm³/mol. The highest BCUT2D eigenvalue weighted by atomic mass is 14.8. The summed E-state index contributed by atoms with van der Waals surface area (Å²) in [6.45, 7) is 9.61. The molecule has 1 aromatic rings. The van der Waals surface area contributed by atoms with Gasteiger partial charge in [0.25, 0.3) is 0 Å². The van der Waals surface area contributed by atoms with E-state index in [0.717, 1.165) is 19.4 Å². The van der Waals surface area contributed by atoms with Crippen LogP contribution in [-0.4, -0.2) is 13.6 Å². The van der Waals surface area contributed by atoms with Crippen molar-refractivity contribution in [3.8, 4) is 0 Å². The van der Waals surface area contributed by atoms with Crippen LogP contribution in [0.15, 0.2) is 24.8 Å². The standard InChI is InChI=1S/C16H25N/c1-5-14(3)16-12-13(2)9-10-15(16)8-6-7-11-17-4/h9-10,12,17H,3,5-8,11H2,1-2,4H3. The van der Waals surface area contributed by atoms with Crippen molar-refractivity contribution in [2.24, 2.45) is 0 Å². The van der Waals surface area contributed by atoms with Crippen molar-refractivity contribution in [3.05, 3.63) is 41.5 Å². The summed E-state index contributed by atoms with van der Waals surface area (Å²) in [4.78, 5) is 0. The fraction of sp³-hybridized carbons (Fsp3) is 0.500. The van der Waals surface area contributed by atoms with E-state index in [1.807, 2.05) is 7.05 Å². The average molecular weight is 231 g/mol. The second-order valence-corrected chi connectivity index (χ2v) is 4.68. The van der Waals surface area contributed by atoms with Crippen LogP contribution in [0.1, 0.15) is 42.9 Å². The zero-order valence-corrected chi connectivity index (χ0v) is 11.5. The van der Waals surface area contributed by atoms with Gasteiger partial charge in [0.15, 0.2) is 0 Å². The summed E-state index contributed by atoms with van der Waals surface area (Å²) in [5.41, 5.74) is 5.42. The van der Waals surface area contributed by atoms with Crippen LogP contribution >= 0.6 is 0 Å². The Morgan fingerprint density at radius 1 is 1.29 bits per heavy atom. The number of aryl methyl sites for hydroxylation is 2. The van der Waals surface area contributed by atoms with Gasteiger partial charge in [0, 0.05) is 0 Å². The van der Waals surface area contributed by atoms with Gasteiger partial charge in [-0.1, -0.05) is 37.3 Å². The number of rotatable bonds is 7. The quantitative estimate of drug-likeness (QED) is 0.700. The number of nitrogens with one attached hydrogen (secondary N) is 1. The molecule has 0 aliphatic carbocycles. The Bertz CT molecular complexity index is 366. The molecule has 1 rings (SSSR count). The highest BCUT2D eigenvalue weighted by molar-refractivity contribution is 5.66. The van der Waals surface area contributed by atoms with Crippen LogP contribution < -0.4 is 5.32 Å². The normalized spacial score (nSPS) is 10.5. The van der Waals surface area contributed by atoms with Gasteiger partial charge in [0.1, 0.15) is 0 Å². The van der Waals surface area contributed by atoms with Crippen LogP contribution in [0.4, 0.5) is 0 Å². The summed E-state index contributed by atoms with van der Waals surface area (Å²) >= 11 is 0. The first-order chi connectivity index (χ1) is 8.19. The first kappa shape index (κ1) is 14.0. The zero-order valence-electron chi connectivity index (χ0n) is 11.5. The van der Waals surface area contributed by atoms with Crippen molar-refractivity contribution in [2.45, 2.75) is 39.5 Å². The maximum Gasteiger partial charge on any atom is -0.00518 e. The van der Waals surface area contributed by atoms with E-state index in [1.54, 1.807) is 0 Å². The molecule has 0 spiro atoms. The first-order valence-electron chi connectivity index (χ1n) is 6.61. The lowest BCUT2D eigenvalue weighted by molar-refractivity contribution is 0.676. The number of hydrogen-bond donors (Lipinski definition) is 1. The lowest BCUT2D eigenvalue weighted by atomic mass is 9.94. The molecule has 94 valence electrons. The van der Waals surface area contributed by atoms with Crippen molar-refractivity contribution < 1.29 is 0 Å². The van der Waals surface area contributed by atoms with Crippen LogP contribution in [0.3, 0.4) is 0 Å². The number of allylic oxidation sites excluding steroid dienone is 1. The largest absolute Gasteiger partial charge is 0.320 e. The van der Waals surface area contributed by atoms with Crippen LogP contribution in [0.25, 0.3) is 5.57 Å². The van der Waals surface area contributed by atoms with Gasteiger partial charge in [-0.25, -0.2) is 0 Å². The van der Waals surface area contributed by atoms with Crippen molar-refractivity contribution in [1.82, 2.24) is 5.32 Å². The molecule has 0 saturated heterocycles. The Morgan fingerprint density at radius 3 is 2.71 bits per heavy atom. The highest BCUT2D eigenvalue weighted by Gasteiger charge is 2.05. The van der Waals surface area contributed by atoms with Gasteiger partial charge in [-0.05, 0) is 62.9 Å². The predicted octanol–water partition coefficient (Wildman–Crippen LogP) is 3.96. The van der Waals surface area contributed by atoms with Gasteiger partial charge >= 0.3 is 0 Å². The molecular formula is C16H25N. The van der Waals surface area contributed by atoms with Crippen LogP contribution in [0.5, 0.6) is 0 Å². The van der Waals surface area contributed by atoms with E-state index in [-0.39, 0.29) is 0 Å². The maximum absolute atomic E-state index is 4.18. The minimum absolute atomic E-state index is 1.03. The minimum Gasteiger partial charge on any atom is -0.320 e. The first-order valence-corrected chi connectivity index (χ1v) is 6.61. The van der Waals surface area contributed by atoms with Gasteiger partial charge in [0.05, 0.1) is 0 Å². The molecule has 0 fully saturated rings. The summed E-state index contributed by atoms with van der Waals surface area (Å²) in [5, 5.41) is 3.19. The topological polar surface area (TPSA) is 12.0 Å². The van der Waals surface area contributed by atoms with Crippen molar-refractivity contribution in [1.29, 1.82) is 0 Å². The summed E-state index contributed by atoms with van der Waals surface area (Å²) in [6, 6.07) is 6.75. The molecule has 17 heavy (non-hydrogen) atoms. The maximum atomic E-state index is 4.18. The summed E-state index contributed by atoms with van der Waals surface area (Å²) in [7, 11) is 2.01. The lowest BCUT2D eigenvalue weighted by Crippen LogP contribution is -2.07. The highest BCUT2D eigenvalue weighted by Crippen LogP contribution is 2.23. The van der Waals surface area contributed by atoms with E-state index >= 15 is 0 Å². The third-order valence-electron chi connectivity index (χ3n) is 3.20. The van der Waals surface area contributed by atoms with Gasteiger partial charge in [0.2, 0.25) is 0 Å². The Balaban J connectivity index is 2.72. The molecule has 0 amide bonds. The summed E-state index contributed by atoms with van der Waals surface area (Å²) in [5.74, 6) is 0. The molecule has 1 heteroatoms. The Hall–Kier alpha value is -1.08. The molecule has 1 nitrogen and oxygen atoms in total. The Morgan fingerprint density at radius 2 is 2.06 bits per heavy atom. The summed E-state index contributed by atoms with van der Waals surface area (Å²) in [6.07, 6.45) is 4.68. The van der Waals surface area contributed by atoms with E-state index < -0.39 is 0 Å².